The Hall–Kier alpha value is -2.43. The topological polar surface area (TPSA) is 66.5 Å². The van der Waals surface area contributed by atoms with Crippen LogP contribution >= 0.6 is 0 Å². The first-order chi connectivity index (χ1) is 11.0. The van der Waals surface area contributed by atoms with Crippen LogP contribution in [0.1, 0.15) is 29.9 Å². The second-order valence-corrected chi connectivity index (χ2v) is 6.07. The van der Waals surface area contributed by atoms with Crippen LogP contribution in [-0.2, 0) is 7.05 Å². The lowest BCUT2D eigenvalue weighted by Gasteiger charge is -2.16. The van der Waals surface area contributed by atoms with Gasteiger partial charge >= 0.3 is 0 Å². The largest absolute Gasteiger partial charge is 0.494 e. The summed E-state index contributed by atoms with van der Waals surface area (Å²) >= 11 is 0. The van der Waals surface area contributed by atoms with Crippen LogP contribution < -0.4 is 20.8 Å². The van der Waals surface area contributed by atoms with Crippen molar-refractivity contribution in [2.75, 3.05) is 20.0 Å². The average Bonchev–Trinajstić information content (AvgIpc) is 3.36. The van der Waals surface area contributed by atoms with Gasteiger partial charge in [-0.1, -0.05) is 0 Å². The second-order valence-electron chi connectivity index (χ2n) is 6.07. The first-order valence-corrected chi connectivity index (χ1v) is 7.70. The van der Waals surface area contributed by atoms with E-state index in [9.17, 15) is 4.79 Å². The van der Waals surface area contributed by atoms with Crippen molar-refractivity contribution in [3.63, 3.8) is 0 Å². The summed E-state index contributed by atoms with van der Waals surface area (Å²) in [7, 11) is 4.96. The number of rotatable bonds is 4. The van der Waals surface area contributed by atoms with E-state index in [4.69, 9.17) is 15.2 Å². The number of anilines is 1. The molecule has 1 aliphatic carbocycles. The summed E-state index contributed by atoms with van der Waals surface area (Å²) in [6, 6.07) is 3.78. The molecule has 122 valence electrons. The van der Waals surface area contributed by atoms with Gasteiger partial charge in [0.2, 0.25) is 0 Å². The van der Waals surface area contributed by atoms with Crippen LogP contribution in [0.3, 0.4) is 0 Å². The van der Waals surface area contributed by atoms with Crippen molar-refractivity contribution in [1.29, 1.82) is 0 Å². The summed E-state index contributed by atoms with van der Waals surface area (Å²) < 4.78 is 12.4. The first-order valence-electron chi connectivity index (χ1n) is 7.70. The van der Waals surface area contributed by atoms with E-state index < -0.39 is 0 Å². The van der Waals surface area contributed by atoms with Crippen LogP contribution in [-0.4, -0.2) is 18.8 Å². The predicted molar refractivity (Wildman–Crippen MR) is 91.3 cm³/mol. The Balaban J connectivity index is 2.25. The number of ether oxygens (including phenoxy) is 2. The lowest BCUT2D eigenvalue weighted by molar-refractivity contribution is 0.398. The van der Waals surface area contributed by atoms with E-state index in [1.54, 1.807) is 25.8 Å². The third-order valence-corrected chi connectivity index (χ3v) is 4.52. The molecule has 23 heavy (non-hydrogen) atoms. The molecular weight excluding hydrogens is 292 g/mol. The van der Waals surface area contributed by atoms with E-state index >= 15 is 0 Å². The molecule has 0 saturated heterocycles. The molecule has 0 unspecified atom stereocenters. The maximum atomic E-state index is 12.4. The predicted octanol–water partition coefficient (Wildman–Crippen LogP) is 2.84. The number of benzene rings is 1. The van der Waals surface area contributed by atoms with Gasteiger partial charge in [0.05, 0.1) is 14.2 Å². The van der Waals surface area contributed by atoms with Crippen LogP contribution in [0.25, 0.3) is 11.1 Å². The molecule has 0 amide bonds. The normalized spacial score (nSPS) is 13.9. The SMILES string of the molecule is COc1cc(-c2cn(C)c(=O)c(C3CC3)c2C)cc(OC)c1N. The number of hydrogen-bond acceptors (Lipinski definition) is 4. The molecule has 1 aliphatic rings. The Labute approximate surface area is 135 Å². The van der Waals surface area contributed by atoms with Gasteiger partial charge < -0.3 is 19.8 Å². The van der Waals surface area contributed by atoms with Crippen molar-refractivity contribution in [1.82, 2.24) is 4.57 Å². The summed E-state index contributed by atoms with van der Waals surface area (Å²) in [5.74, 6) is 1.53. The molecule has 0 radical (unpaired) electrons. The summed E-state index contributed by atoms with van der Waals surface area (Å²) in [6.45, 7) is 2.01. The molecule has 0 atom stereocenters. The van der Waals surface area contributed by atoms with Gasteiger partial charge in [-0.3, -0.25) is 4.79 Å². The molecule has 2 aromatic rings. The molecule has 1 fully saturated rings. The Bertz CT molecular complexity index is 795. The fourth-order valence-corrected chi connectivity index (χ4v) is 3.08. The molecule has 2 N–H and O–H groups in total. The molecule has 1 heterocycles. The van der Waals surface area contributed by atoms with Crippen LogP contribution in [0.2, 0.25) is 0 Å². The third kappa shape index (κ3) is 2.56. The molecule has 1 saturated carbocycles. The minimum atomic E-state index is 0.100. The van der Waals surface area contributed by atoms with Gasteiger partial charge in [-0.15, -0.1) is 0 Å². The van der Waals surface area contributed by atoms with Crippen molar-refractivity contribution >= 4 is 5.69 Å². The summed E-state index contributed by atoms with van der Waals surface area (Å²) in [5, 5.41) is 0. The van der Waals surface area contributed by atoms with Crippen LogP contribution in [0.5, 0.6) is 11.5 Å². The highest BCUT2D eigenvalue weighted by molar-refractivity contribution is 5.77. The van der Waals surface area contributed by atoms with Gasteiger partial charge in [-0.25, -0.2) is 0 Å². The molecule has 0 aliphatic heterocycles. The number of aromatic nitrogens is 1. The molecule has 0 spiro atoms. The standard InChI is InChI=1S/C18H22N2O3/c1-10-13(9-20(2)18(21)16(10)11-5-6-11)12-7-14(22-3)17(19)15(8-12)23-4/h7-9,11H,5-6,19H2,1-4H3. The zero-order valence-corrected chi connectivity index (χ0v) is 14.0. The smallest absolute Gasteiger partial charge is 0.254 e. The lowest BCUT2D eigenvalue weighted by Crippen LogP contribution is -2.22. The summed E-state index contributed by atoms with van der Waals surface area (Å²) in [6.07, 6.45) is 4.05. The molecule has 5 heteroatoms. The van der Waals surface area contributed by atoms with E-state index in [1.807, 2.05) is 25.3 Å². The number of hydrogen-bond donors (Lipinski definition) is 1. The van der Waals surface area contributed by atoms with E-state index in [0.717, 1.165) is 35.1 Å². The number of nitrogens with two attached hydrogens (primary N) is 1. The van der Waals surface area contributed by atoms with E-state index in [2.05, 4.69) is 0 Å². The van der Waals surface area contributed by atoms with Crippen LogP contribution in [0.15, 0.2) is 23.1 Å². The number of aryl methyl sites for hydroxylation is 1. The molecule has 0 bridgehead atoms. The molecule has 3 rings (SSSR count). The second kappa shape index (κ2) is 5.65. The van der Waals surface area contributed by atoms with Crippen molar-refractivity contribution in [3.8, 4) is 22.6 Å². The van der Waals surface area contributed by atoms with Crippen LogP contribution in [0.4, 0.5) is 5.69 Å². The number of methoxy groups -OCH3 is 2. The Kier molecular flexibility index (Phi) is 3.80. The average molecular weight is 314 g/mol. The van der Waals surface area contributed by atoms with Crippen LogP contribution in [0, 0.1) is 6.92 Å². The third-order valence-electron chi connectivity index (χ3n) is 4.52. The van der Waals surface area contributed by atoms with Crippen molar-refractivity contribution in [2.24, 2.45) is 7.05 Å². The van der Waals surface area contributed by atoms with Crippen molar-refractivity contribution in [3.05, 3.63) is 39.8 Å². The van der Waals surface area contributed by atoms with Gasteiger partial charge in [-0.05, 0) is 48.9 Å². The first kappa shape index (κ1) is 15.5. The maximum Gasteiger partial charge on any atom is 0.254 e. The summed E-state index contributed by atoms with van der Waals surface area (Å²) in [4.78, 5) is 12.4. The van der Waals surface area contributed by atoms with Gasteiger partial charge in [0.15, 0.2) is 0 Å². The highest BCUT2D eigenvalue weighted by Crippen LogP contribution is 2.43. The Morgan fingerprint density at radius 2 is 1.74 bits per heavy atom. The Morgan fingerprint density at radius 3 is 2.22 bits per heavy atom. The maximum absolute atomic E-state index is 12.4. The van der Waals surface area contributed by atoms with Crippen molar-refractivity contribution in [2.45, 2.75) is 25.7 Å². The summed E-state index contributed by atoms with van der Waals surface area (Å²) in [5.41, 5.74) is 10.5. The lowest BCUT2D eigenvalue weighted by atomic mass is 9.96. The van der Waals surface area contributed by atoms with Gasteiger partial charge in [0.25, 0.3) is 5.56 Å². The van der Waals surface area contributed by atoms with E-state index in [-0.39, 0.29) is 5.56 Å². The fraction of sp³-hybridized carbons (Fsp3) is 0.389. The van der Waals surface area contributed by atoms with Gasteiger partial charge in [0.1, 0.15) is 17.2 Å². The highest BCUT2D eigenvalue weighted by atomic mass is 16.5. The fourth-order valence-electron chi connectivity index (χ4n) is 3.08. The minimum absolute atomic E-state index is 0.100. The quantitative estimate of drug-likeness (QED) is 0.881. The number of pyridine rings is 1. The van der Waals surface area contributed by atoms with E-state index in [0.29, 0.717) is 23.1 Å². The molecule has 1 aromatic heterocycles. The molecule has 5 nitrogen and oxygen atoms in total. The minimum Gasteiger partial charge on any atom is -0.494 e. The van der Waals surface area contributed by atoms with Gasteiger partial charge in [0, 0.05) is 24.4 Å². The highest BCUT2D eigenvalue weighted by Gasteiger charge is 2.29. The zero-order chi connectivity index (χ0) is 16.7. The Morgan fingerprint density at radius 1 is 1.17 bits per heavy atom. The molecule has 1 aromatic carbocycles. The monoisotopic (exact) mass is 314 g/mol. The number of nitrogen functional groups attached to an aromatic ring is 1. The molecular formula is C18H22N2O3. The van der Waals surface area contributed by atoms with E-state index in [1.165, 1.54) is 0 Å². The number of nitrogens with zero attached hydrogens (tertiary/aromatic N) is 1. The van der Waals surface area contributed by atoms with Crippen molar-refractivity contribution < 1.29 is 9.47 Å². The zero-order valence-electron chi connectivity index (χ0n) is 14.0. The van der Waals surface area contributed by atoms with Gasteiger partial charge in [-0.2, -0.15) is 0 Å².